The topological polar surface area (TPSA) is 88.5 Å². The quantitative estimate of drug-likeness (QED) is 0.314. The number of benzene rings is 2. The Balaban J connectivity index is 1.69. The van der Waals surface area contributed by atoms with Gasteiger partial charge in [-0.2, -0.15) is 0 Å². The first-order chi connectivity index (χ1) is 19.4. The molecule has 0 aliphatic carbocycles. The van der Waals surface area contributed by atoms with E-state index >= 15 is 0 Å². The number of carboxylic acid groups (broad SMARTS) is 1. The number of ether oxygens (including phenoxy) is 3. The SMILES string of the molecule is CCCCN(C(=O)CN1C[C@H](c2ccc3c(c2)OCO3)[C@@H](C(=O)O)[C@@H]1c1ccc(OC)cc1)C(CCC)CCC. The van der Waals surface area contributed by atoms with Gasteiger partial charge in [0, 0.05) is 31.1 Å². The molecule has 1 saturated heterocycles. The highest BCUT2D eigenvalue weighted by atomic mass is 16.7. The average Bonchev–Trinajstić information content (AvgIpc) is 3.58. The number of amides is 1. The molecule has 8 heteroatoms. The number of likely N-dealkylation sites (tertiary alicyclic amines) is 1. The van der Waals surface area contributed by atoms with Crippen molar-refractivity contribution in [1.82, 2.24) is 9.80 Å². The van der Waals surface area contributed by atoms with Crippen LogP contribution in [0, 0.1) is 5.92 Å². The Kier molecular flexibility index (Phi) is 10.3. The third-order valence-corrected chi connectivity index (χ3v) is 8.26. The van der Waals surface area contributed by atoms with Crippen molar-refractivity contribution in [2.24, 2.45) is 5.92 Å². The van der Waals surface area contributed by atoms with Gasteiger partial charge >= 0.3 is 5.97 Å². The van der Waals surface area contributed by atoms with Crippen LogP contribution < -0.4 is 14.2 Å². The summed E-state index contributed by atoms with van der Waals surface area (Å²) >= 11 is 0. The molecule has 8 nitrogen and oxygen atoms in total. The maximum atomic E-state index is 14.0. The largest absolute Gasteiger partial charge is 0.497 e. The number of hydrogen-bond acceptors (Lipinski definition) is 6. The lowest BCUT2D eigenvalue weighted by Crippen LogP contribution is -2.46. The zero-order chi connectivity index (χ0) is 28.6. The van der Waals surface area contributed by atoms with Crippen LogP contribution in [-0.2, 0) is 9.59 Å². The van der Waals surface area contributed by atoms with Crippen molar-refractivity contribution < 1.29 is 28.9 Å². The molecule has 0 spiro atoms. The number of hydrogen-bond donors (Lipinski definition) is 1. The number of aliphatic carboxylic acids is 1. The van der Waals surface area contributed by atoms with Gasteiger partial charge < -0.3 is 24.2 Å². The molecule has 1 N–H and O–H groups in total. The molecule has 218 valence electrons. The second kappa shape index (κ2) is 13.9. The summed E-state index contributed by atoms with van der Waals surface area (Å²) in [4.78, 5) is 31.1. The highest BCUT2D eigenvalue weighted by Crippen LogP contribution is 2.47. The summed E-state index contributed by atoms with van der Waals surface area (Å²) < 4.78 is 16.4. The van der Waals surface area contributed by atoms with Gasteiger partial charge in [0.15, 0.2) is 11.5 Å². The van der Waals surface area contributed by atoms with Crippen LogP contribution in [0.1, 0.15) is 82.4 Å². The second-order valence-corrected chi connectivity index (χ2v) is 10.9. The Morgan fingerprint density at radius 3 is 2.30 bits per heavy atom. The van der Waals surface area contributed by atoms with Crippen molar-refractivity contribution >= 4 is 11.9 Å². The summed E-state index contributed by atoms with van der Waals surface area (Å²) in [7, 11) is 1.61. The van der Waals surface area contributed by atoms with Crippen LogP contribution in [0.4, 0.5) is 0 Å². The van der Waals surface area contributed by atoms with Gasteiger partial charge in [-0.05, 0) is 54.7 Å². The molecule has 0 saturated carbocycles. The van der Waals surface area contributed by atoms with E-state index in [9.17, 15) is 14.7 Å². The van der Waals surface area contributed by atoms with Crippen LogP contribution in [0.5, 0.6) is 17.2 Å². The highest BCUT2D eigenvalue weighted by molar-refractivity contribution is 5.79. The van der Waals surface area contributed by atoms with Crippen molar-refractivity contribution in [3.05, 3.63) is 53.6 Å². The molecule has 4 rings (SSSR count). The van der Waals surface area contributed by atoms with E-state index in [0.717, 1.165) is 56.2 Å². The number of carbonyl (C=O) groups is 2. The van der Waals surface area contributed by atoms with Crippen LogP contribution in [-0.4, -0.2) is 66.4 Å². The van der Waals surface area contributed by atoms with Gasteiger partial charge in [-0.3, -0.25) is 14.5 Å². The summed E-state index contributed by atoms with van der Waals surface area (Å²) in [5.41, 5.74) is 1.74. The Labute approximate surface area is 238 Å². The van der Waals surface area contributed by atoms with Crippen molar-refractivity contribution in [3.63, 3.8) is 0 Å². The molecule has 1 fully saturated rings. The molecule has 40 heavy (non-hydrogen) atoms. The van der Waals surface area contributed by atoms with E-state index in [1.165, 1.54) is 0 Å². The smallest absolute Gasteiger partial charge is 0.309 e. The Hall–Kier alpha value is -3.26. The van der Waals surface area contributed by atoms with Gasteiger partial charge in [-0.1, -0.05) is 58.2 Å². The van der Waals surface area contributed by atoms with E-state index in [1.807, 2.05) is 42.5 Å². The van der Waals surface area contributed by atoms with Crippen molar-refractivity contribution in [1.29, 1.82) is 0 Å². The molecule has 2 aromatic rings. The van der Waals surface area contributed by atoms with Crippen molar-refractivity contribution in [2.45, 2.75) is 77.3 Å². The minimum Gasteiger partial charge on any atom is -0.497 e. The van der Waals surface area contributed by atoms with Gasteiger partial charge in [-0.15, -0.1) is 0 Å². The van der Waals surface area contributed by atoms with E-state index < -0.39 is 17.9 Å². The van der Waals surface area contributed by atoms with E-state index in [1.54, 1.807) is 7.11 Å². The lowest BCUT2D eigenvalue weighted by Gasteiger charge is -2.35. The summed E-state index contributed by atoms with van der Waals surface area (Å²) in [6, 6.07) is 13.0. The predicted octanol–water partition coefficient (Wildman–Crippen LogP) is 5.86. The summed E-state index contributed by atoms with van der Waals surface area (Å²) in [5.74, 6) is 0.134. The minimum absolute atomic E-state index is 0.0781. The van der Waals surface area contributed by atoms with E-state index in [4.69, 9.17) is 14.2 Å². The van der Waals surface area contributed by atoms with Gasteiger partial charge in [0.1, 0.15) is 5.75 Å². The molecule has 1 amide bonds. The normalized spacial score (nSPS) is 20.2. The first-order valence-corrected chi connectivity index (χ1v) is 14.7. The monoisotopic (exact) mass is 552 g/mol. The number of carbonyl (C=O) groups excluding carboxylic acids is 1. The number of rotatable bonds is 14. The molecule has 2 aliphatic rings. The first-order valence-electron chi connectivity index (χ1n) is 14.7. The molecular formula is C32H44N2O6. The number of carboxylic acids is 1. The summed E-state index contributed by atoms with van der Waals surface area (Å²) in [6.45, 7) is 7.99. The Bertz CT molecular complexity index is 1130. The minimum atomic E-state index is -0.879. The van der Waals surface area contributed by atoms with Crippen LogP contribution in [0.3, 0.4) is 0 Å². The molecule has 2 aliphatic heterocycles. The van der Waals surface area contributed by atoms with Gasteiger partial charge in [-0.25, -0.2) is 0 Å². The predicted molar refractivity (Wildman–Crippen MR) is 154 cm³/mol. The zero-order valence-electron chi connectivity index (χ0n) is 24.3. The van der Waals surface area contributed by atoms with E-state index in [0.29, 0.717) is 23.8 Å². The van der Waals surface area contributed by atoms with E-state index in [-0.39, 0.29) is 31.2 Å². The number of nitrogens with zero attached hydrogens (tertiary/aromatic N) is 2. The molecule has 0 aromatic heterocycles. The number of fused-ring (bicyclic) bond motifs is 1. The maximum Gasteiger partial charge on any atom is 0.309 e. The lowest BCUT2D eigenvalue weighted by molar-refractivity contribution is -0.144. The molecule has 0 unspecified atom stereocenters. The molecule has 2 heterocycles. The van der Waals surface area contributed by atoms with Gasteiger partial charge in [0.05, 0.1) is 19.6 Å². The number of unbranched alkanes of at least 4 members (excludes halogenated alkanes) is 1. The molecule has 3 atom stereocenters. The number of methoxy groups -OCH3 is 1. The van der Waals surface area contributed by atoms with Crippen LogP contribution in [0.25, 0.3) is 0 Å². The first kappa shape index (κ1) is 29.7. The zero-order valence-corrected chi connectivity index (χ0v) is 24.3. The fourth-order valence-electron chi connectivity index (χ4n) is 6.30. The van der Waals surface area contributed by atoms with Crippen LogP contribution in [0.2, 0.25) is 0 Å². The van der Waals surface area contributed by atoms with Crippen molar-refractivity contribution in [3.8, 4) is 17.2 Å². The van der Waals surface area contributed by atoms with Crippen LogP contribution in [0.15, 0.2) is 42.5 Å². The molecule has 2 aromatic carbocycles. The second-order valence-electron chi connectivity index (χ2n) is 10.9. The molecule has 0 radical (unpaired) electrons. The standard InChI is InChI=1S/C32H44N2O6/c1-5-8-17-34(24(9-6-2)10-7-3)29(35)20-33-19-26(23-13-16-27-28(18-23)40-21-39-27)30(32(36)37)31(33)22-11-14-25(38-4)15-12-22/h11-16,18,24,26,30-31H,5-10,17,19-21H2,1-4H3,(H,36,37)/t26-,30-,31+/m1/s1. The summed E-state index contributed by atoms with van der Waals surface area (Å²) in [6.07, 6.45) is 5.96. The lowest BCUT2D eigenvalue weighted by atomic mass is 9.82. The Morgan fingerprint density at radius 1 is 1.00 bits per heavy atom. The van der Waals surface area contributed by atoms with Gasteiger partial charge in [0.25, 0.3) is 0 Å². The van der Waals surface area contributed by atoms with E-state index in [2.05, 4.69) is 30.6 Å². The Morgan fingerprint density at radius 2 is 1.68 bits per heavy atom. The fourth-order valence-corrected chi connectivity index (χ4v) is 6.30. The highest BCUT2D eigenvalue weighted by Gasteiger charge is 2.48. The average molecular weight is 553 g/mol. The third-order valence-electron chi connectivity index (χ3n) is 8.26. The molecular weight excluding hydrogens is 508 g/mol. The maximum absolute atomic E-state index is 14.0. The molecule has 0 bridgehead atoms. The van der Waals surface area contributed by atoms with Crippen LogP contribution >= 0.6 is 0 Å². The van der Waals surface area contributed by atoms with Crippen molar-refractivity contribution in [2.75, 3.05) is 33.5 Å². The summed E-state index contributed by atoms with van der Waals surface area (Å²) in [5, 5.41) is 10.6. The fraction of sp³-hybridized carbons (Fsp3) is 0.562. The van der Waals surface area contributed by atoms with Gasteiger partial charge in [0.2, 0.25) is 12.7 Å². The third kappa shape index (κ3) is 6.54.